The second-order valence-corrected chi connectivity index (χ2v) is 5.58. The molecular formula is C14H17N3O3. The number of amides is 1. The molecule has 1 unspecified atom stereocenters. The fraction of sp³-hybridized carbons (Fsp3) is 0.500. The lowest BCUT2D eigenvalue weighted by Gasteiger charge is -2.24. The van der Waals surface area contributed by atoms with Gasteiger partial charge in [0, 0.05) is 18.2 Å². The molecule has 20 heavy (non-hydrogen) atoms. The minimum Gasteiger partial charge on any atom is -0.322 e. The first kappa shape index (κ1) is 13.1. The van der Waals surface area contributed by atoms with Gasteiger partial charge in [0.15, 0.2) is 0 Å². The zero-order valence-corrected chi connectivity index (χ0v) is 11.3. The van der Waals surface area contributed by atoms with Crippen LogP contribution in [0.3, 0.4) is 0 Å². The Labute approximate surface area is 116 Å². The van der Waals surface area contributed by atoms with Gasteiger partial charge in [0.2, 0.25) is 5.91 Å². The summed E-state index contributed by atoms with van der Waals surface area (Å²) in [6.45, 7) is 2.77. The van der Waals surface area contributed by atoms with Gasteiger partial charge < -0.3 is 4.90 Å². The van der Waals surface area contributed by atoms with Gasteiger partial charge in [-0.05, 0) is 31.2 Å². The predicted octanol–water partition coefficient (Wildman–Crippen LogP) is 1.74. The maximum absolute atomic E-state index is 11.9. The van der Waals surface area contributed by atoms with Crippen LogP contribution in [0.25, 0.3) is 0 Å². The van der Waals surface area contributed by atoms with Crippen LogP contribution in [0.5, 0.6) is 0 Å². The van der Waals surface area contributed by atoms with Gasteiger partial charge in [-0.1, -0.05) is 12.1 Å². The summed E-state index contributed by atoms with van der Waals surface area (Å²) in [7, 11) is 0. The molecule has 1 aromatic carbocycles. The largest absolute Gasteiger partial charge is 0.322 e. The van der Waals surface area contributed by atoms with Gasteiger partial charge in [0.1, 0.15) is 6.17 Å². The Morgan fingerprint density at radius 2 is 2.20 bits per heavy atom. The number of carbonyl (C=O) groups excluding carboxylic acids is 1. The van der Waals surface area contributed by atoms with E-state index in [9.17, 15) is 14.9 Å². The molecule has 1 aliphatic heterocycles. The third-order valence-corrected chi connectivity index (χ3v) is 3.98. The van der Waals surface area contributed by atoms with Gasteiger partial charge in [0.05, 0.1) is 11.5 Å². The van der Waals surface area contributed by atoms with Crippen LogP contribution in [-0.2, 0) is 4.79 Å². The normalized spacial score (nSPS) is 22.4. The van der Waals surface area contributed by atoms with Gasteiger partial charge in [0.25, 0.3) is 5.69 Å². The molecule has 106 valence electrons. The number of aryl methyl sites for hydroxylation is 1. The van der Waals surface area contributed by atoms with Crippen LogP contribution in [0.4, 0.5) is 5.69 Å². The van der Waals surface area contributed by atoms with Crippen molar-refractivity contribution < 1.29 is 9.72 Å². The van der Waals surface area contributed by atoms with E-state index in [0.717, 1.165) is 12.1 Å². The zero-order chi connectivity index (χ0) is 14.3. The molecule has 6 heteroatoms. The zero-order valence-electron chi connectivity index (χ0n) is 11.3. The molecule has 1 saturated carbocycles. The number of rotatable bonds is 4. The Morgan fingerprint density at radius 3 is 2.85 bits per heavy atom. The minimum absolute atomic E-state index is 0.0742. The lowest BCUT2D eigenvalue weighted by molar-refractivity contribution is -0.385. The van der Waals surface area contributed by atoms with Crippen LogP contribution < -0.4 is 5.32 Å². The second-order valence-electron chi connectivity index (χ2n) is 5.58. The maximum atomic E-state index is 11.9. The molecule has 0 spiro atoms. The van der Waals surface area contributed by atoms with E-state index in [0.29, 0.717) is 18.0 Å². The number of nitro groups is 1. The Hall–Kier alpha value is -1.95. The first-order chi connectivity index (χ1) is 9.56. The SMILES string of the molecule is Cc1ccc(C2NCC(=O)N2CC2CC2)cc1[N+](=O)[O-]. The van der Waals surface area contributed by atoms with E-state index >= 15 is 0 Å². The molecule has 1 atom stereocenters. The van der Waals surface area contributed by atoms with Crippen LogP contribution in [-0.4, -0.2) is 28.8 Å². The standard InChI is InChI=1S/C14H17N3O3/c1-9-2-5-11(6-12(9)17(19)20)14-15-7-13(18)16(14)8-10-3-4-10/h2,5-6,10,14-15H,3-4,7-8H2,1H3. The first-order valence-corrected chi connectivity index (χ1v) is 6.84. The van der Waals surface area contributed by atoms with Crippen molar-refractivity contribution in [2.45, 2.75) is 25.9 Å². The maximum Gasteiger partial charge on any atom is 0.272 e. The Kier molecular flexibility index (Phi) is 3.17. The lowest BCUT2D eigenvalue weighted by Crippen LogP contribution is -2.32. The lowest BCUT2D eigenvalue weighted by atomic mass is 10.1. The van der Waals surface area contributed by atoms with Crippen molar-refractivity contribution in [3.8, 4) is 0 Å². The van der Waals surface area contributed by atoms with E-state index in [-0.39, 0.29) is 22.7 Å². The highest BCUT2D eigenvalue weighted by Crippen LogP contribution is 2.34. The summed E-state index contributed by atoms with van der Waals surface area (Å²) in [5.74, 6) is 0.673. The third-order valence-electron chi connectivity index (χ3n) is 3.98. The van der Waals surface area contributed by atoms with E-state index in [4.69, 9.17) is 0 Å². The summed E-state index contributed by atoms with van der Waals surface area (Å²) in [4.78, 5) is 24.4. The van der Waals surface area contributed by atoms with Crippen molar-refractivity contribution in [1.82, 2.24) is 10.2 Å². The summed E-state index contributed by atoms with van der Waals surface area (Å²) in [5.41, 5.74) is 1.53. The topological polar surface area (TPSA) is 75.5 Å². The number of hydrogen-bond acceptors (Lipinski definition) is 4. The van der Waals surface area contributed by atoms with Crippen molar-refractivity contribution >= 4 is 11.6 Å². The Balaban J connectivity index is 1.88. The molecule has 1 saturated heterocycles. The highest BCUT2D eigenvalue weighted by atomic mass is 16.6. The van der Waals surface area contributed by atoms with Crippen molar-refractivity contribution in [3.05, 3.63) is 39.4 Å². The highest BCUT2D eigenvalue weighted by molar-refractivity contribution is 5.81. The van der Waals surface area contributed by atoms with Gasteiger partial charge >= 0.3 is 0 Å². The second kappa shape index (κ2) is 4.86. The van der Waals surface area contributed by atoms with Crippen LogP contribution in [0, 0.1) is 23.0 Å². The summed E-state index contributed by atoms with van der Waals surface area (Å²) < 4.78 is 0. The van der Waals surface area contributed by atoms with Crippen molar-refractivity contribution in [2.75, 3.05) is 13.1 Å². The fourth-order valence-corrected chi connectivity index (χ4v) is 2.62. The molecule has 1 heterocycles. The van der Waals surface area contributed by atoms with Crippen molar-refractivity contribution in [3.63, 3.8) is 0 Å². The molecule has 3 rings (SSSR count). The molecule has 1 aliphatic carbocycles. The van der Waals surface area contributed by atoms with E-state index in [1.807, 2.05) is 11.0 Å². The van der Waals surface area contributed by atoms with Gasteiger partial charge in [-0.25, -0.2) is 0 Å². The van der Waals surface area contributed by atoms with Crippen LogP contribution in [0.1, 0.15) is 30.1 Å². The van der Waals surface area contributed by atoms with Gasteiger partial charge in [-0.3, -0.25) is 20.2 Å². The third kappa shape index (κ3) is 2.38. The molecule has 0 aromatic heterocycles. The number of nitro benzene ring substituents is 1. The van der Waals surface area contributed by atoms with E-state index in [1.165, 1.54) is 12.8 Å². The van der Waals surface area contributed by atoms with Gasteiger partial charge in [-0.15, -0.1) is 0 Å². The average Bonchev–Trinajstić information content (AvgIpc) is 3.15. The van der Waals surface area contributed by atoms with Crippen molar-refractivity contribution in [1.29, 1.82) is 0 Å². The number of benzene rings is 1. The summed E-state index contributed by atoms with van der Waals surface area (Å²) >= 11 is 0. The Bertz CT molecular complexity index is 569. The fourth-order valence-electron chi connectivity index (χ4n) is 2.62. The highest BCUT2D eigenvalue weighted by Gasteiger charge is 2.36. The van der Waals surface area contributed by atoms with Crippen LogP contribution in [0.2, 0.25) is 0 Å². The minimum atomic E-state index is -0.374. The summed E-state index contributed by atoms with van der Waals surface area (Å²) in [5, 5.41) is 14.2. The number of hydrogen-bond donors (Lipinski definition) is 1. The quantitative estimate of drug-likeness (QED) is 0.671. The average molecular weight is 275 g/mol. The van der Waals surface area contributed by atoms with Crippen LogP contribution in [0.15, 0.2) is 18.2 Å². The Morgan fingerprint density at radius 1 is 1.45 bits per heavy atom. The number of nitrogens with one attached hydrogen (secondary N) is 1. The van der Waals surface area contributed by atoms with E-state index < -0.39 is 0 Å². The molecule has 1 aromatic rings. The van der Waals surface area contributed by atoms with E-state index in [2.05, 4.69) is 5.32 Å². The van der Waals surface area contributed by atoms with E-state index in [1.54, 1.807) is 19.1 Å². The monoisotopic (exact) mass is 275 g/mol. The summed E-state index contributed by atoms with van der Waals surface area (Å²) in [6.07, 6.45) is 2.11. The number of nitrogens with zero attached hydrogens (tertiary/aromatic N) is 2. The first-order valence-electron chi connectivity index (χ1n) is 6.84. The smallest absolute Gasteiger partial charge is 0.272 e. The van der Waals surface area contributed by atoms with Gasteiger partial charge in [-0.2, -0.15) is 0 Å². The molecule has 1 amide bonds. The molecule has 0 radical (unpaired) electrons. The molecule has 2 aliphatic rings. The predicted molar refractivity (Wildman–Crippen MR) is 73.0 cm³/mol. The molecule has 2 fully saturated rings. The summed E-state index contributed by atoms with van der Waals surface area (Å²) in [6, 6.07) is 5.18. The number of carbonyl (C=O) groups is 1. The van der Waals surface area contributed by atoms with Crippen molar-refractivity contribution in [2.24, 2.45) is 5.92 Å². The molecule has 6 nitrogen and oxygen atoms in total. The van der Waals surface area contributed by atoms with Crippen LogP contribution >= 0.6 is 0 Å². The molecular weight excluding hydrogens is 258 g/mol. The molecule has 0 bridgehead atoms. The molecule has 1 N–H and O–H groups in total.